The van der Waals surface area contributed by atoms with Crippen LogP contribution in [0.1, 0.15) is 29.6 Å². The zero-order valence-corrected chi connectivity index (χ0v) is 11.9. The maximum Gasteiger partial charge on any atom is 0.339 e. The van der Waals surface area contributed by atoms with Crippen molar-refractivity contribution in [2.75, 3.05) is 12.4 Å². The molecule has 108 valence electrons. The molecule has 2 unspecified atom stereocenters. The Hall–Kier alpha value is -1.59. The third-order valence-corrected chi connectivity index (χ3v) is 3.72. The number of esters is 1. The van der Waals surface area contributed by atoms with E-state index < -0.39 is 5.97 Å². The van der Waals surface area contributed by atoms with E-state index in [-0.39, 0.29) is 23.4 Å². The number of methoxy groups -OCH3 is 1. The summed E-state index contributed by atoms with van der Waals surface area (Å²) in [5.74, 6) is -0.764. The van der Waals surface area contributed by atoms with Gasteiger partial charge in [-0.25, -0.2) is 4.79 Å². The molecule has 1 aromatic carbocycles. The Kier molecular flexibility index (Phi) is 4.62. The van der Waals surface area contributed by atoms with Crippen LogP contribution in [0.5, 0.6) is 0 Å². The predicted octanol–water partition coefficient (Wildman–Crippen LogP) is 2.19. The van der Waals surface area contributed by atoms with Crippen molar-refractivity contribution in [1.82, 2.24) is 0 Å². The molecule has 1 fully saturated rings. The molecule has 0 saturated heterocycles. The van der Waals surface area contributed by atoms with Gasteiger partial charge in [-0.1, -0.05) is 11.6 Å². The highest BCUT2D eigenvalue weighted by Gasteiger charge is 2.28. The summed E-state index contributed by atoms with van der Waals surface area (Å²) >= 11 is 5.91. The molecule has 1 amide bonds. The lowest BCUT2D eigenvalue weighted by atomic mass is 10.1. The van der Waals surface area contributed by atoms with Crippen LogP contribution in [0.25, 0.3) is 0 Å². The molecule has 0 aliphatic heterocycles. The van der Waals surface area contributed by atoms with Gasteiger partial charge in [-0.3, -0.25) is 4.79 Å². The van der Waals surface area contributed by atoms with Gasteiger partial charge in [-0.2, -0.15) is 0 Å². The highest BCUT2D eigenvalue weighted by molar-refractivity contribution is 6.31. The minimum Gasteiger partial charge on any atom is -0.465 e. The molecule has 0 bridgehead atoms. The second-order valence-electron chi connectivity index (χ2n) is 4.94. The number of carbonyl (C=O) groups is 2. The largest absolute Gasteiger partial charge is 0.465 e. The molecule has 5 nitrogen and oxygen atoms in total. The molecule has 1 aliphatic rings. The number of carbonyl (C=O) groups excluding carboxylic acids is 2. The number of benzene rings is 1. The van der Waals surface area contributed by atoms with Crippen molar-refractivity contribution < 1.29 is 14.3 Å². The van der Waals surface area contributed by atoms with E-state index in [4.69, 9.17) is 17.3 Å². The second-order valence-corrected chi connectivity index (χ2v) is 5.38. The number of ether oxygens (including phenoxy) is 1. The minimum atomic E-state index is -0.514. The molecule has 6 heteroatoms. The Bertz CT molecular complexity index is 533. The van der Waals surface area contributed by atoms with Crippen LogP contribution in [-0.4, -0.2) is 25.0 Å². The first kappa shape index (κ1) is 14.8. The van der Waals surface area contributed by atoms with E-state index in [0.29, 0.717) is 17.1 Å². The fraction of sp³-hybridized carbons (Fsp3) is 0.429. The Morgan fingerprint density at radius 2 is 2.15 bits per heavy atom. The molecule has 2 atom stereocenters. The minimum absolute atomic E-state index is 0.0742. The van der Waals surface area contributed by atoms with E-state index in [1.165, 1.54) is 13.2 Å². The number of nitrogens with two attached hydrogens (primary N) is 1. The number of hydrogen-bond acceptors (Lipinski definition) is 4. The number of amides is 1. The first-order valence-corrected chi connectivity index (χ1v) is 6.83. The summed E-state index contributed by atoms with van der Waals surface area (Å²) in [5, 5.41) is 3.19. The molecule has 1 saturated carbocycles. The average molecular weight is 297 g/mol. The second kappa shape index (κ2) is 6.24. The lowest BCUT2D eigenvalue weighted by molar-refractivity contribution is -0.119. The maximum absolute atomic E-state index is 12.2. The fourth-order valence-electron chi connectivity index (χ4n) is 2.40. The summed E-state index contributed by atoms with van der Waals surface area (Å²) in [5.41, 5.74) is 6.46. The number of rotatable bonds is 3. The first-order chi connectivity index (χ1) is 9.51. The Morgan fingerprint density at radius 3 is 2.75 bits per heavy atom. The number of anilines is 1. The van der Waals surface area contributed by atoms with Crippen LogP contribution < -0.4 is 11.1 Å². The molecular weight excluding hydrogens is 280 g/mol. The monoisotopic (exact) mass is 296 g/mol. The van der Waals surface area contributed by atoms with Gasteiger partial charge in [0.05, 0.1) is 18.4 Å². The summed E-state index contributed by atoms with van der Waals surface area (Å²) in [6, 6.07) is 4.73. The van der Waals surface area contributed by atoms with Crippen LogP contribution in [-0.2, 0) is 9.53 Å². The molecular formula is C14H17ClN2O3. The SMILES string of the molecule is COC(=O)c1ccc(Cl)cc1NC(=O)C1CCC(N)C1. The van der Waals surface area contributed by atoms with E-state index in [2.05, 4.69) is 10.1 Å². The van der Waals surface area contributed by atoms with Crippen molar-refractivity contribution in [3.8, 4) is 0 Å². The smallest absolute Gasteiger partial charge is 0.339 e. The lowest BCUT2D eigenvalue weighted by Crippen LogP contribution is -2.24. The number of halogens is 1. The third-order valence-electron chi connectivity index (χ3n) is 3.49. The summed E-state index contributed by atoms with van der Waals surface area (Å²) in [6.07, 6.45) is 2.28. The van der Waals surface area contributed by atoms with Gasteiger partial charge in [0.25, 0.3) is 0 Å². The van der Waals surface area contributed by atoms with Crippen LogP contribution in [0.4, 0.5) is 5.69 Å². The maximum atomic E-state index is 12.2. The van der Waals surface area contributed by atoms with Gasteiger partial charge in [0.1, 0.15) is 0 Å². The van der Waals surface area contributed by atoms with E-state index in [1.54, 1.807) is 12.1 Å². The topological polar surface area (TPSA) is 81.4 Å². The van der Waals surface area contributed by atoms with Crippen molar-refractivity contribution in [3.05, 3.63) is 28.8 Å². The van der Waals surface area contributed by atoms with Crippen molar-refractivity contribution in [1.29, 1.82) is 0 Å². The van der Waals surface area contributed by atoms with Gasteiger partial charge in [0.15, 0.2) is 0 Å². The summed E-state index contributed by atoms with van der Waals surface area (Å²) < 4.78 is 4.69. The number of hydrogen-bond donors (Lipinski definition) is 2. The Balaban J connectivity index is 2.17. The van der Waals surface area contributed by atoms with Gasteiger partial charge in [-0.05, 0) is 37.5 Å². The Labute approximate surface area is 122 Å². The lowest BCUT2D eigenvalue weighted by Gasteiger charge is -2.13. The highest BCUT2D eigenvalue weighted by atomic mass is 35.5. The molecule has 0 radical (unpaired) electrons. The predicted molar refractivity (Wildman–Crippen MR) is 76.7 cm³/mol. The molecule has 20 heavy (non-hydrogen) atoms. The normalized spacial score (nSPS) is 21.6. The quantitative estimate of drug-likeness (QED) is 0.838. The molecule has 1 aliphatic carbocycles. The standard InChI is InChI=1S/C14H17ClN2O3/c1-20-14(19)11-5-3-9(15)7-12(11)17-13(18)8-2-4-10(16)6-8/h3,5,7-8,10H,2,4,6,16H2,1H3,(H,17,18). The van der Waals surface area contributed by atoms with E-state index >= 15 is 0 Å². The van der Waals surface area contributed by atoms with Crippen LogP contribution >= 0.6 is 11.6 Å². The van der Waals surface area contributed by atoms with Crippen molar-refractivity contribution in [2.24, 2.45) is 11.7 Å². The van der Waals surface area contributed by atoms with Gasteiger partial charge in [0, 0.05) is 17.0 Å². The molecule has 0 spiro atoms. The van der Waals surface area contributed by atoms with Gasteiger partial charge in [0.2, 0.25) is 5.91 Å². The van der Waals surface area contributed by atoms with Gasteiger partial charge < -0.3 is 15.8 Å². The molecule has 0 heterocycles. The third kappa shape index (κ3) is 3.29. The van der Waals surface area contributed by atoms with E-state index in [9.17, 15) is 9.59 Å². The zero-order valence-electron chi connectivity index (χ0n) is 11.2. The summed E-state index contributed by atoms with van der Waals surface area (Å²) in [6.45, 7) is 0. The van der Waals surface area contributed by atoms with Crippen LogP contribution in [0.3, 0.4) is 0 Å². The number of nitrogens with one attached hydrogen (secondary N) is 1. The van der Waals surface area contributed by atoms with E-state index in [0.717, 1.165) is 12.8 Å². The molecule has 3 N–H and O–H groups in total. The average Bonchev–Trinajstić information content (AvgIpc) is 2.85. The van der Waals surface area contributed by atoms with Crippen LogP contribution in [0, 0.1) is 5.92 Å². The van der Waals surface area contributed by atoms with E-state index in [1.807, 2.05) is 0 Å². The molecule has 0 aromatic heterocycles. The summed E-state index contributed by atoms with van der Waals surface area (Å²) in [7, 11) is 1.29. The summed E-state index contributed by atoms with van der Waals surface area (Å²) in [4.78, 5) is 23.8. The van der Waals surface area contributed by atoms with Gasteiger partial charge in [-0.15, -0.1) is 0 Å². The van der Waals surface area contributed by atoms with Crippen LogP contribution in [0.15, 0.2) is 18.2 Å². The van der Waals surface area contributed by atoms with Gasteiger partial charge >= 0.3 is 5.97 Å². The fourth-order valence-corrected chi connectivity index (χ4v) is 2.57. The first-order valence-electron chi connectivity index (χ1n) is 6.45. The van der Waals surface area contributed by atoms with Crippen molar-refractivity contribution in [3.63, 3.8) is 0 Å². The van der Waals surface area contributed by atoms with Crippen LogP contribution in [0.2, 0.25) is 5.02 Å². The van der Waals surface area contributed by atoms with Crippen molar-refractivity contribution in [2.45, 2.75) is 25.3 Å². The van der Waals surface area contributed by atoms with Crippen molar-refractivity contribution >= 4 is 29.2 Å². The highest BCUT2D eigenvalue weighted by Crippen LogP contribution is 2.27. The molecule has 2 rings (SSSR count). The Morgan fingerprint density at radius 1 is 1.40 bits per heavy atom. The zero-order chi connectivity index (χ0) is 14.7. The molecule has 1 aromatic rings.